The molecule has 1 heterocycles. The molecular formula is C12H10FN3O. The molecule has 0 atom stereocenters. The summed E-state index contributed by atoms with van der Waals surface area (Å²) >= 11 is 0. The van der Waals surface area contributed by atoms with Gasteiger partial charge in [0.2, 0.25) is 0 Å². The fraction of sp³-hybridized carbons (Fsp3) is 0.250. The SMILES string of the molecule is N#CCCCn1cnc2cc(F)ccc2c1=O. The Labute approximate surface area is 96.9 Å². The minimum absolute atomic E-state index is 0.201. The van der Waals surface area contributed by atoms with Gasteiger partial charge in [0.1, 0.15) is 5.82 Å². The van der Waals surface area contributed by atoms with Crippen LogP contribution < -0.4 is 5.56 Å². The number of rotatable bonds is 3. The van der Waals surface area contributed by atoms with Gasteiger partial charge in [0, 0.05) is 19.0 Å². The van der Waals surface area contributed by atoms with E-state index in [2.05, 4.69) is 4.98 Å². The lowest BCUT2D eigenvalue weighted by Crippen LogP contribution is -2.20. The van der Waals surface area contributed by atoms with E-state index in [1.54, 1.807) is 0 Å². The molecule has 0 amide bonds. The molecule has 4 nitrogen and oxygen atoms in total. The molecule has 0 fully saturated rings. The average Bonchev–Trinajstić information content (AvgIpc) is 2.32. The van der Waals surface area contributed by atoms with Crippen molar-refractivity contribution in [3.63, 3.8) is 0 Å². The zero-order valence-electron chi connectivity index (χ0n) is 9.06. The van der Waals surface area contributed by atoms with Crippen molar-refractivity contribution in [1.82, 2.24) is 9.55 Å². The summed E-state index contributed by atoms with van der Waals surface area (Å²) in [6.45, 7) is 0.451. The molecule has 0 unspecified atom stereocenters. The molecule has 1 aromatic heterocycles. The highest BCUT2D eigenvalue weighted by molar-refractivity contribution is 5.77. The fourth-order valence-corrected chi connectivity index (χ4v) is 1.62. The van der Waals surface area contributed by atoms with Gasteiger partial charge >= 0.3 is 0 Å². The molecule has 1 aromatic carbocycles. The Morgan fingerprint density at radius 1 is 1.47 bits per heavy atom. The number of hydrogen-bond acceptors (Lipinski definition) is 3. The molecule has 0 aliphatic rings. The van der Waals surface area contributed by atoms with Crippen LogP contribution in [-0.2, 0) is 6.54 Å². The molecule has 5 heteroatoms. The average molecular weight is 231 g/mol. The summed E-state index contributed by atoms with van der Waals surface area (Å²) in [4.78, 5) is 16.0. The van der Waals surface area contributed by atoms with E-state index in [0.29, 0.717) is 30.3 Å². The van der Waals surface area contributed by atoms with E-state index in [-0.39, 0.29) is 5.56 Å². The maximum absolute atomic E-state index is 12.9. The van der Waals surface area contributed by atoms with E-state index >= 15 is 0 Å². The first-order chi connectivity index (χ1) is 8.22. The summed E-state index contributed by atoms with van der Waals surface area (Å²) in [5, 5.41) is 8.82. The molecule has 0 aliphatic heterocycles. The maximum atomic E-state index is 12.9. The summed E-state index contributed by atoms with van der Waals surface area (Å²) in [6.07, 6.45) is 2.39. The minimum Gasteiger partial charge on any atom is -0.299 e. The van der Waals surface area contributed by atoms with E-state index in [4.69, 9.17) is 5.26 Å². The van der Waals surface area contributed by atoms with E-state index < -0.39 is 5.82 Å². The summed E-state index contributed by atoms with van der Waals surface area (Å²) in [7, 11) is 0. The van der Waals surface area contributed by atoms with Gasteiger partial charge in [-0.15, -0.1) is 0 Å². The monoisotopic (exact) mass is 231 g/mol. The second-order valence-electron chi connectivity index (χ2n) is 3.67. The predicted octanol–water partition coefficient (Wildman–Crippen LogP) is 1.84. The third kappa shape index (κ3) is 2.31. The Morgan fingerprint density at radius 3 is 3.06 bits per heavy atom. The second kappa shape index (κ2) is 4.74. The number of halogens is 1. The van der Waals surface area contributed by atoms with Gasteiger partial charge in [0.15, 0.2) is 0 Å². The Hall–Kier alpha value is -2.22. The van der Waals surface area contributed by atoms with Crippen molar-refractivity contribution in [3.8, 4) is 6.07 Å². The van der Waals surface area contributed by atoms with E-state index in [1.807, 2.05) is 6.07 Å². The van der Waals surface area contributed by atoms with Crippen molar-refractivity contribution < 1.29 is 4.39 Å². The van der Waals surface area contributed by atoms with Crippen molar-refractivity contribution in [3.05, 3.63) is 40.7 Å². The topological polar surface area (TPSA) is 58.7 Å². The van der Waals surface area contributed by atoms with Crippen molar-refractivity contribution >= 4 is 10.9 Å². The first kappa shape index (κ1) is 11.3. The third-order valence-electron chi connectivity index (χ3n) is 2.47. The van der Waals surface area contributed by atoms with Crippen LogP contribution in [0.4, 0.5) is 4.39 Å². The van der Waals surface area contributed by atoms with Crippen molar-refractivity contribution in [2.45, 2.75) is 19.4 Å². The van der Waals surface area contributed by atoms with Gasteiger partial charge in [0.25, 0.3) is 5.56 Å². The van der Waals surface area contributed by atoms with Crippen LogP contribution in [0.3, 0.4) is 0 Å². The Kier molecular flexibility index (Phi) is 3.15. The molecule has 17 heavy (non-hydrogen) atoms. The molecule has 0 N–H and O–H groups in total. The minimum atomic E-state index is -0.411. The second-order valence-corrected chi connectivity index (χ2v) is 3.67. The smallest absolute Gasteiger partial charge is 0.261 e. The number of fused-ring (bicyclic) bond motifs is 1. The number of nitriles is 1. The van der Waals surface area contributed by atoms with Crippen LogP contribution in [0, 0.1) is 17.1 Å². The van der Waals surface area contributed by atoms with Gasteiger partial charge in [-0.05, 0) is 18.6 Å². The van der Waals surface area contributed by atoms with Gasteiger partial charge in [-0.3, -0.25) is 9.36 Å². The van der Waals surface area contributed by atoms with Crippen LogP contribution in [0.15, 0.2) is 29.3 Å². The zero-order valence-corrected chi connectivity index (χ0v) is 9.06. The Morgan fingerprint density at radius 2 is 2.29 bits per heavy atom. The van der Waals surface area contributed by atoms with Gasteiger partial charge in [0.05, 0.1) is 23.3 Å². The van der Waals surface area contributed by atoms with E-state index in [9.17, 15) is 9.18 Å². The number of aromatic nitrogens is 2. The number of hydrogen-bond donors (Lipinski definition) is 0. The van der Waals surface area contributed by atoms with E-state index in [1.165, 1.54) is 29.1 Å². The van der Waals surface area contributed by atoms with Crippen molar-refractivity contribution in [2.24, 2.45) is 0 Å². The summed E-state index contributed by atoms with van der Waals surface area (Å²) in [5.74, 6) is -0.411. The molecule has 86 valence electrons. The first-order valence-corrected chi connectivity index (χ1v) is 5.24. The summed E-state index contributed by atoms with van der Waals surface area (Å²) < 4.78 is 14.4. The van der Waals surface area contributed by atoms with Crippen molar-refractivity contribution in [2.75, 3.05) is 0 Å². The quantitative estimate of drug-likeness (QED) is 0.757. The molecule has 2 aromatic rings. The Balaban J connectivity index is 2.41. The fourth-order valence-electron chi connectivity index (χ4n) is 1.62. The molecule has 2 rings (SSSR count). The number of aryl methyl sites for hydroxylation is 1. The molecule has 0 radical (unpaired) electrons. The lowest BCUT2D eigenvalue weighted by Gasteiger charge is -2.04. The van der Waals surface area contributed by atoms with Gasteiger partial charge in [-0.25, -0.2) is 9.37 Å². The van der Waals surface area contributed by atoms with Crippen LogP contribution in [0.5, 0.6) is 0 Å². The normalized spacial score (nSPS) is 10.4. The van der Waals surface area contributed by atoms with Crippen molar-refractivity contribution in [1.29, 1.82) is 5.26 Å². The largest absolute Gasteiger partial charge is 0.299 e. The van der Waals surface area contributed by atoms with Gasteiger partial charge in [-0.2, -0.15) is 5.26 Å². The summed E-state index contributed by atoms with van der Waals surface area (Å²) in [6, 6.07) is 5.92. The number of unbranched alkanes of at least 4 members (excludes halogenated alkanes) is 1. The highest BCUT2D eigenvalue weighted by atomic mass is 19.1. The Bertz CT molecular complexity index is 642. The standard InChI is InChI=1S/C12H10FN3O/c13-9-3-4-10-11(7-9)15-8-16(12(10)17)6-2-1-5-14/h3-4,7-8H,1-2,6H2. The van der Waals surface area contributed by atoms with Crippen LogP contribution in [0.2, 0.25) is 0 Å². The molecular weight excluding hydrogens is 221 g/mol. The lowest BCUT2D eigenvalue weighted by molar-refractivity contribution is 0.621. The van der Waals surface area contributed by atoms with Gasteiger partial charge in [-0.1, -0.05) is 0 Å². The maximum Gasteiger partial charge on any atom is 0.261 e. The van der Waals surface area contributed by atoms with Crippen LogP contribution in [0.1, 0.15) is 12.8 Å². The zero-order chi connectivity index (χ0) is 12.3. The molecule has 0 saturated carbocycles. The molecule has 0 bridgehead atoms. The first-order valence-electron chi connectivity index (χ1n) is 5.24. The van der Waals surface area contributed by atoms with Crippen LogP contribution in [-0.4, -0.2) is 9.55 Å². The van der Waals surface area contributed by atoms with E-state index in [0.717, 1.165) is 0 Å². The third-order valence-corrected chi connectivity index (χ3v) is 2.47. The molecule has 0 saturated heterocycles. The van der Waals surface area contributed by atoms with Gasteiger partial charge < -0.3 is 0 Å². The highest BCUT2D eigenvalue weighted by Gasteiger charge is 2.04. The highest BCUT2D eigenvalue weighted by Crippen LogP contribution is 2.08. The van der Waals surface area contributed by atoms with Crippen LogP contribution >= 0.6 is 0 Å². The molecule has 0 spiro atoms. The summed E-state index contributed by atoms with van der Waals surface area (Å²) in [5.41, 5.74) is 0.152. The molecule has 0 aliphatic carbocycles. The number of nitrogens with zero attached hydrogens (tertiary/aromatic N) is 3. The predicted molar refractivity (Wildman–Crippen MR) is 60.8 cm³/mol. The number of benzene rings is 1. The lowest BCUT2D eigenvalue weighted by atomic mass is 10.2. The van der Waals surface area contributed by atoms with Crippen LogP contribution in [0.25, 0.3) is 10.9 Å².